The predicted molar refractivity (Wildman–Crippen MR) is 88.8 cm³/mol. The van der Waals surface area contributed by atoms with Crippen LogP contribution in [0, 0.1) is 6.92 Å². The molecule has 0 saturated heterocycles. The van der Waals surface area contributed by atoms with E-state index in [2.05, 4.69) is 15.3 Å². The molecule has 5 nitrogen and oxygen atoms in total. The SMILES string of the molecule is Cc1cc(-c2csc(Nc3ccc(S(=O)O)cc3)n2)ccn1. The Morgan fingerprint density at radius 3 is 2.68 bits per heavy atom. The Morgan fingerprint density at radius 1 is 1.23 bits per heavy atom. The molecule has 2 aromatic heterocycles. The fraction of sp³-hybridized carbons (Fsp3) is 0.0667. The van der Waals surface area contributed by atoms with Gasteiger partial charge in [-0.05, 0) is 43.3 Å². The lowest BCUT2D eigenvalue weighted by atomic mass is 10.2. The van der Waals surface area contributed by atoms with Gasteiger partial charge in [-0.2, -0.15) is 0 Å². The molecule has 0 aliphatic rings. The number of aryl methyl sites for hydroxylation is 1. The molecule has 0 aliphatic carbocycles. The van der Waals surface area contributed by atoms with Crippen molar-refractivity contribution in [1.29, 1.82) is 0 Å². The van der Waals surface area contributed by atoms with E-state index in [-0.39, 0.29) is 0 Å². The first-order valence-corrected chi connectivity index (χ1v) is 8.47. The van der Waals surface area contributed by atoms with Crippen molar-refractivity contribution in [1.82, 2.24) is 9.97 Å². The Kier molecular flexibility index (Phi) is 4.28. The Hall–Kier alpha value is -2.09. The molecule has 2 heterocycles. The maximum Gasteiger partial charge on any atom is 0.187 e. The number of pyridine rings is 1. The lowest BCUT2D eigenvalue weighted by molar-refractivity contribution is 0.564. The van der Waals surface area contributed by atoms with E-state index in [1.54, 1.807) is 30.5 Å². The van der Waals surface area contributed by atoms with Gasteiger partial charge in [-0.1, -0.05) is 0 Å². The largest absolute Gasteiger partial charge is 0.332 e. The summed E-state index contributed by atoms with van der Waals surface area (Å²) in [6.07, 6.45) is 1.77. The van der Waals surface area contributed by atoms with E-state index < -0.39 is 11.1 Å². The number of rotatable bonds is 4. The molecule has 7 heteroatoms. The van der Waals surface area contributed by atoms with Gasteiger partial charge in [-0.15, -0.1) is 11.3 Å². The van der Waals surface area contributed by atoms with Crippen LogP contribution in [0.3, 0.4) is 0 Å². The number of nitrogens with zero attached hydrogens (tertiary/aromatic N) is 2. The van der Waals surface area contributed by atoms with Gasteiger partial charge in [-0.3, -0.25) is 4.98 Å². The van der Waals surface area contributed by atoms with Gasteiger partial charge in [0, 0.05) is 28.5 Å². The van der Waals surface area contributed by atoms with Gasteiger partial charge >= 0.3 is 0 Å². The van der Waals surface area contributed by atoms with Gasteiger partial charge in [0.05, 0.1) is 10.6 Å². The van der Waals surface area contributed by atoms with Crippen LogP contribution < -0.4 is 5.32 Å². The summed E-state index contributed by atoms with van der Waals surface area (Å²) in [5.41, 5.74) is 3.70. The number of hydrogen-bond donors (Lipinski definition) is 2. The van der Waals surface area contributed by atoms with Gasteiger partial charge in [0.15, 0.2) is 16.2 Å². The summed E-state index contributed by atoms with van der Waals surface area (Å²) in [5.74, 6) is 0. The molecule has 0 bridgehead atoms. The maximum absolute atomic E-state index is 10.9. The van der Waals surface area contributed by atoms with Crippen molar-refractivity contribution in [2.75, 3.05) is 5.32 Å². The van der Waals surface area contributed by atoms with Crippen LogP contribution in [0.2, 0.25) is 0 Å². The Labute approximate surface area is 134 Å². The number of nitrogens with one attached hydrogen (secondary N) is 1. The zero-order valence-electron chi connectivity index (χ0n) is 11.7. The molecule has 112 valence electrons. The molecule has 2 N–H and O–H groups in total. The standard InChI is InChI=1S/C15H13N3O2S2/c1-10-8-11(6-7-16-10)14-9-21-15(18-14)17-12-2-4-13(5-3-12)22(19)20/h2-9H,1H3,(H,17,18)(H,19,20). The average Bonchev–Trinajstić information content (AvgIpc) is 2.96. The molecule has 1 atom stereocenters. The average molecular weight is 331 g/mol. The summed E-state index contributed by atoms with van der Waals surface area (Å²) in [4.78, 5) is 9.09. The van der Waals surface area contributed by atoms with E-state index in [4.69, 9.17) is 4.55 Å². The molecule has 0 radical (unpaired) electrons. The molecule has 3 rings (SSSR count). The van der Waals surface area contributed by atoms with E-state index in [1.807, 2.05) is 24.4 Å². The normalized spacial score (nSPS) is 12.1. The number of thiazole rings is 1. The molecule has 0 aliphatic heterocycles. The van der Waals surface area contributed by atoms with Crippen LogP contribution in [0.5, 0.6) is 0 Å². The Morgan fingerprint density at radius 2 is 2.00 bits per heavy atom. The number of benzene rings is 1. The second-order valence-corrected chi connectivity index (χ2v) is 6.45. The lowest BCUT2D eigenvalue weighted by Gasteiger charge is -2.03. The van der Waals surface area contributed by atoms with E-state index in [0.29, 0.717) is 4.90 Å². The van der Waals surface area contributed by atoms with Crippen LogP contribution in [-0.4, -0.2) is 18.7 Å². The maximum atomic E-state index is 10.9. The summed E-state index contributed by atoms with van der Waals surface area (Å²) in [5, 5.41) is 5.93. The minimum absolute atomic E-state index is 0.373. The third kappa shape index (κ3) is 3.38. The molecule has 0 fully saturated rings. The summed E-state index contributed by atoms with van der Waals surface area (Å²) in [6, 6.07) is 10.6. The highest BCUT2D eigenvalue weighted by Gasteiger charge is 2.06. The van der Waals surface area contributed by atoms with Crippen LogP contribution in [0.15, 0.2) is 52.9 Å². The molecule has 1 aromatic carbocycles. The van der Waals surface area contributed by atoms with Gasteiger partial charge in [0.2, 0.25) is 0 Å². The zero-order valence-corrected chi connectivity index (χ0v) is 13.3. The fourth-order valence-electron chi connectivity index (χ4n) is 1.95. The first kappa shape index (κ1) is 14.8. The number of aromatic nitrogens is 2. The lowest BCUT2D eigenvalue weighted by Crippen LogP contribution is -1.92. The first-order valence-electron chi connectivity index (χ1n) is 6.48. The highest BCUT2D eigenvalue weighted by molar-refractivity contribution is 7.79. The van der Waals surface area contributed by atoms with Crippen molar-refractivity contribution >= 4 is 33.2 Å². The van der Waals surface area contributed by atoms with E-state index in [9.17, 15) is 4.21 Å². The summed E-state index contributed by atoms with van der Waals surface area (Å²) >= 11 is -0.450. The van der Waals surface area contributed by atoms with Crippen molar-refractivity contribution in [3.05, 3.63) is 53.7 Å². The van der Waals surface area contributed by atoms with Crippen molar-refractivity contribution in [3.63, 3.8) is 0 Å². The summed E-state index contributed by atoms with van der Waals surface area (Å²) < 4.78 is 19.9. The first-order chi connectivity index (χ1) is 10.6. The molecule has 1 unspecified atom stereocenters. The Balaban J connectivity index is 1.78. The third-order valence-corrected chi connectivity index (χ3v) is 4.44. The van der Waals surface area contributed by atoms with Crippen LogP contribution in [0.25, 0.3) is 11.3 Å². The van der Waals surface area contributed by atoms with E-state index in [1.165, 1.54) is 11.3 Å². The van der Waals surface area contributed by atoms with Crippen molar-refractivity contribution < 1.29 is 8.76 Å². The van der Waals surface area contributed by atoms with Crippen LogP contribution in [0.4, 0.5) is 10.8 Å². The predicted octanol–water partition coefficient (Wildman–Crippen LogP) is 3.84. The van der Waals surface area contributed by atoms with Crippen molar-refractivity contribution in [2.24, 2.45) is 0 Å². The molecule has 22 heavy (non-hydrogen) atoms. The molecular formula is C15H13N3O2S2. The highest BCUT2D eigenvalue weighted by Crippen LogP contribution is 2.27. The molecule has 0 amide bonds. The smallest absolute Gasteiger partial charge is 0.187 e. The minimum Gasteiger partial charge on any atom is -0.332 e. The van der Waals surface area contributed by atoms with Crippen molar-refractivity contribution in [2.45, 2.75) is 11.8 Å². The highest BCUT2D eigenvalue weighted by atomic mass is 32.2. The molecule has 0 spiro atoms. The van der Waals surface area contributed by atoms with Crippen LogP contribution >= 0.6 is 11.3 Å². The minimum atomic E-state index is -1.95. The van der Waals surface area contributed by atoms with Crippen LogP contribution in [0.1, 0.15) is 5.69 Å². The third-order valence-electron chi connectivity index (χ3n) is 3.00. The van der Waals surface area contributed by atoms with Gasteiger partial charge in [-0.25, -0.2) is 9.19 Å². The quantitative estimate of drug-likeness (QED) is 0.711. The van der Waals surface area contributed by atoms with E-state index in [0.717, 1.165) is 27.8 Å². The fourth-order valence-corrected chi connectivity index (χ4v) is 3.06. The topological polar surface area (TPSA) is 75.1 Å². The van der Waals surface area contributed by atoms with Gasteiger partial charge in [0.25, 0.3) is 0 Å². The number of hydrogen-bond acceptors (Lipinski definition) is 5. The molecule has 0 saturated carbocycles. The van der Waals surface area contributed by atoms with E-state index >= 15 is 0 Å². The second-order valence-electron chi connectivity index (χ2n) is 4.62. The van der Waals surface area contributed by atoms with Crippen LogP contribution in [-0.2, 0) is 11.1 Å². The summed E-state index contributed by atoms with van der Waals surface area (Å²) in [6.45, 7) is 1.95. The monoisotopic (exact) mass is 331 g/mol. The zero-order chi connectivity index (χ0) is 15.5. The summed E-state index contributed by atoms with van der Waals surface area (Å²) in [7, 11) is 0. The molecule has 3 aromatic rings. The second kappa shape index (κ2) is 6.35. The molecular weight excluding hydrogens is 318 g/mol. The van der Waals surface area contributed by atoms with Gasteiger partial charge < -0.3 is 9.87 Å². The number of anilines is 2. The van der Waals surface area contributed by atoms with Crippen molar-refractivity contribution in [3.8, 4) is 11.3 Å². The Bertz CT molecular complexity index is 816. The van der Waals surface area contributed by atoms with Gasteiger partial charge in [0.1, 0.15) is 0 Å².